The number of nitrogens with zero attached hydrogens (tertiary/aromatic N) is 2. The molecule has 2 aliphatic heterocycles. The monoisotopic (exact) mass is 313 g/mol. The summed E-state index contributed by atoms with van der Waals surface area (Å²) in [6.07, 6.45) is 2.48. The van der Waals surface area contributed by atoms with Crippen molar-refractivity contribution in [3.8, 4) is 0 Å². The summed E-state index contributed by atoms with van der Waals surface area (Å²) in [5, 5.41) is 12.8. The summed E-state index contributed by atoms with van der Waals surface area (Å²) in [6.45, 7) is 7.70. The number of hydrogen-bond donors (Lipinski definition) is 2. The number of amides is 1. The van der Waals surface area contributed by atoms with Gasteiger partial charge in [-0.05, 0) is 38.8 Å². The smallest absolute Gasteiger partial charge is 0.223 e. The second-order valence-electron chi connectivity index (χ2n) is 6.80. The van der Waals surface area contributed by atoms with Crippen LogP contribution in [0.3, 0.4) is 0 Å². The summed E-state index contributed by atoms with van der Waals surface area (Å²) in [5.41, 5.74) is 0. The molecule has 0 radical (unpaired) electrons. The molecule has 2 aliphatic rings. The van der Waals surface area contributed by atoms with Gasteiger partial charge in [0.25, 0.3) is 0 Å². The van der Waals surface area contributed by atoms with Crippen LogP contribution in [0.25, 0.3) is 0 Å². The van der Waals surface area contributed by atoms with E-state index in [1.807, 2.05) is 18.9 Å². The van der Waals surface area contributed by atoms with Gasteiger partial charge in [-0.15, -0.1) is 0 Å². The van der Waals surface area contributed by atoms with E-state index in [-0.39, 0.29) is 18.1 Å². The van der Waals surface area contributed by atoms with E-state index in [0.717, 1.165) is 52.2 Å². The van der Waals surface area contributed by atoms with Crippen LogP contribution in [0.5, 0.6) is 0 Å². The molecule has 0 aromatic carbocycles. The maximum absolute atomic E-state index is 12.3. The lowest BCUT2D eigenvalue weighted by atomic mass is 9.96. The highest BCUT2D eigenvalue weighted by atomic mass is 16.5. The molecule has 2 rings (SSSR count). The molecule has 22 heavy (non-hydrogen) atoms. The molecule has 0 spiro atoms. The predicted octanol–water partition coefficient (Wildman–Crippen LogP) is -0.0839. The van der Waals surface area contributed by atoms with Crippen molar-refractivity contribution in [1.29, 1.82) is 0 Å². The van der Waals surface area contributed by atoms with Crippen LogP contribution in [0.2, 0.25) is 0 Å². The predicted molar refractivity (Wildman–Crippen MR) is 85.7 cm³/mol. The molecule has 128 valence electrons. The molecule has 6 heteroatoms. The van der Waals surface area contributed by atoms with Crippen LogP contribution >= 0.6 is 0 Å². The molecular formula is C16H31N3O3. The van der Waals surface area contributed by atoms with E-state index in [9.17, 15) is 9.90 Å². The molecule has 0 saturated carbocycles. The maximum Gasteiger partial charge on any atom is 0.223 e. The lowest BCUT2D eigenvalue weighted by molar-refractivity contribution is -0.131. The SMILES string of the molecule is CC(O)CN1CCC(CN(C)C(=O)CC2COCCN2)CC1. The summed E-state index contributed by atoms with van der Waals surface area (Å²) < 4.78 is 5.40. The Labute approximate surface area is 133 Å². The minimum Gasteiger partial charge on any atom is -0.392 e. The third-order valence-electron chi connectivity index (χ3n) is 4.61. The Morgan fingerprint density at radius 1 is 1.45 bits per heavy atom. The first-order chi connectivity index (χ1) is 10.5. The van der Waals surface area contributed by atoms with E-state index in [2.05, 4.69) is 10.2 Å². The van der Waals surface area contributed by atoms with E-state index in [1.165, 1.54) is 0 Å². The summed E-state index contributed by atoms with van der Waals surface area (Å²) in [4.78, 5) is 16.5. The van der Waals surface area contributed by atoms with Gasteiger partial charge in [0.2, 0.25) is 5.91 Å². The minimum atomic E-state index is -0.258. The van der Waals surface area contributed by atoms with Crippen LogP contribution in [0.1, 0.15) is 26.2 Å². The van der Waals surface area contributed by atoms with Crippen LogP contribution in [0.15, 0.2) is 0 Å². The Morgan fingerprint density at radius 3 is 2.77 bits per heavy atom. The summed E-state index contributed by atoms with van der Waals surface area (Å²) in [5.74, 6) is 0.782. The summed E-state index contributed by atoms with van der Waals surface area (Å²) in [7, 11) is 1.91. The molecule has 2 N–H and O–H groups in total. The van der Waals surface area contributed by atoms with Crippen molar-refractivity contribution in [1.82, 2.24) is 15.1 Å². The molecule has 1 amide bonds. The van der Waals surface area contributed by atoms with Crippen LogP contribution in [-0.2, 0) is 9.53 Å². The van der Waals surface area contributed by atoms with Crippen molar-refractivity contribution in [2.24, 2.45) is 5.92 Å². The number of morpholine rings is 1. The normalized spacial score (nSPS) is 25.9. The first-order valence-corrected chi connectivity index (χ1v) is 8.50. The van der Waals surface area contributed by atoms with E-state index in [0.29, 0.717) is 18.9 Å². The Morgan fingerprint density at radius 2 is 2.18 bits per heavy atom. The van der Waals surface area contributed by atoms with Crippen molar-refractivity contribution >= 4 is 5.91 Å². The number of hydrogen-bond acceptors (Lipinski definition) is 5. The first kappa shape index (κ1) is 17.7. The number of aliphatic hydroxyl groups excluding tert-OH is 1. The largest absolute Gasteiger partial charge is 0.392 e. The quantitative estimate of drug-likeness (QED) is 0.718. The summed E-state index contributed by atoms with van der Waals surface area (Å²) >= 11 is 0. The van der Waals surface area contributed by atoms with Crippen molar-refractivity contribution in [2.45, 2.75) is 38.3 Å². The second kappa shape index (κ2) is 8.82. The zero-order chi connectivity index (χ0) is 15.9. The fourth-order valence-corrected chi connectivity index (χ4v) is 3.33. The van der Waals surface area contributed by atoms with Crippen LogP contribution in [0, 0.1) is 5.92 Å². The van der Waals surface area contributed by atoms with Gasteiger partial charge in [0.15, 0.2) is 0 Å². The Hall–Kier alpha value is -0.690. The molecule has 0 aromatic heterocycles. The zero-order valence-corrected chi connectivity index (χ0v) is 14.0. The van der Waals surface area contributed by atoms with Crippen LogP contribution in [0.4, 0.5) is 0 Å². The third kappa shape index (κ3) is 5.83. The molecule has 2 fully saturated rings. The van der Waals surface area contributed by atoms with Gasteiger partial charge in [-0.3, -0.25) is 4.79 Å². The van der Waals surface area contributed by atoms with Gasteiger partial charge < -0.3 is 25.0 Å². The number of piperidine rings is 1. The summed E-state index contributed by atoms with van der Waals surface area (Å²) in [6, 6.07) is 0.164. The van der Waals surface area contributed by atoms with Crippen LogP contribution < -0.4 is 5.32 Å². The fourth-order valence-electron chi connectivity index (χ4n) is 3.33. The standard InChI is InChI=1S/C16H31N3O3/c1-13(20)10-19-6-3-14(4-7-19)11-18(2)16(21)9-15-12-22-8-5-17-15/h13-15,17,20H,3-12H2,1-2H3. The molecule has 2 atom stereocenters. The van der Waals surface area contributed by atoms with E-state index >= 15 is 0 Å². The van der Waals surface area contributed by atoms with Crippen molar-refractivity contribution < 1.29 is 14.6 Å². The molecule has 2 saturated heterocycles. The number of ether oxygens (including phenoxy) is 1. The molecule has 6 nitrogen and oxygen atoms in total. The fraction of sp³-hybridized carbons (Fsp3) is 0.938. The van der Waals surface area contributed by atoms with Crippen molar-refractivity contribution in [3.63, 3.8) is 0 Å². The average Bonchev–Trinajstić information content (AvgIpc) is 2.49. The maximum atomic E-state index is 12.3. The number of aliphatic hydroxyl groups is 1. The zero-order valence-electron chi connectivity index (χ0n) is 14.0. The molecule has 0 aromatic rings. The minimum absolute atomic E-state index is 0.164. The number of β-amino-alcohol motifs (C(OH)–C–C–N with tert-alkyl or cyclic N) is 1. The Kier molecular flexibility index (Phi) is 7.08. The third-order valence-corrected chi connectivity index (χ3v) is 4.61. The van der Waals surface area contributed by atoms with Crippen LogP contribution in [-0.4, -0.2) is 85.9 Å². The van der Waals surface area contributed by atoms with E-state index in [1.54, 1.807) is 0 Å². The lowest BCUT2D eigenvalue weighted by Crippen LogP contribution is -2.46. The van der Waals surface area contributed by atoms with Gasteiger partial charge in [-0.1, -0.05) is 0 Å². The number of likely N-dealkylation sites (tertiary alicyclic amines) is 1. The van der Waals surface area contributed by atoms with Gasteiger partial charge in [-0.25, -0.2) is 0 Å². The van der Waals surface area contributed by atoms with Gasteiger partial charge in [0.1, 0.15) is 0 Å². The highest BCUT2D eigenvalue weighted by Gasteiger charge is 2.24. The number of carbonyl (C=O) groups excluding carboxylic acids is 1. The van der Waals surface area contributed by atoms with Gasteiger partial charge in [0, 0.05) is 39.1 Å². The number of nitrogens with one attached hydrogen (secondary N) is 1. The molecule has 0 bridgehead atoms. The molecule has 0 aliphatic carbocycles. The van der Waals surface area contributed by atoms with Gasteiger partial charge in [-0.2, -0.15) is 0 Å². The average molecular weight is 313 g/mol. The Bertz CT molecular complexity index is 338. The molecule has 2 unspecified atom stereocenters. The molecular weight excluding hydrogens is 282 g/mol. The molecule has 2 heterocycles. The number of carbonyl (C=O) groups is 1. The van der Waals surface area contributed by atoms with E-state index in [4.69, 9.17) is 4.74 Å². The number of rotatable bonds is 6. The topological polar surface area (TPSA) is 65.0 Å². The van der Waals surface area contributed by atoms with Crippen molar-refractivity contribution in [2.75, 3.05) is 53.0 Å². The first-order valence-electron chi connectivity index (χ1n) is 8.50. The van der Waals surface area contributed by atoms with Gasteiger partial charge >= 0.3 is 0 Å². The Balaban J connectivity index is 1.66. The highest BCUT2D eigenvalue weighted by Crippen LogP contribution is 2.18. The second-order valence-corrected chi connectivity index (χ2v) is 6.80. The lowest BCUT2D eigenvalue weighted by Gasteiger charge is -2.34. The highest BCUT2D eigenvalue weighted by molar-refractivity contribution is 5.76. The van der Waals surface area contributed by atoms with Crippen molar-refractivity contribution in [3.05, 3.63) is 0 Å². The van der Waals surface area contributed by atoms with E-state index < -0.39 is 0 Å². The van der Waals surface area contributed by atoms with Gasteiger partial charge in [0.05, 0.1) is 19.3 Å².